The summed E-state index contributed by atoms with van der Waals surface area (Å²) in [5, 5.41) is 2.84. The fourth-order valence-corrected chi connectivity index (χ4v) is 3.10. The van der Waals surface area contributed by atoms with Crippen LogP contribution in [0.15, 0.2) is 34.5 Å². The number of methoxy groups -OCH3 is 1. The Labute approximate surface area is 130 Å². The quantitative estimate of drug-likeness (QED) is 0.758. The largest absolute Gasteiger partial charge is 0.495 e. The maximum Gasteiger partial charge on any atom is 0.264 e. The number of carbonyl (C=O) groups is 1. The summed E-state index contributed by atoms with van der Waals surface area (Å²) < 4.78 is 28.3. The molecule has 0 aromatic rings. The average Bonchev–Trinajstić information content (AvgIpc) is 2.60. The van der Waals surface area contributed by atoms with Crippen molar-refractivity contribution >= 4 is 25.6 Å². The lowest BCUT2D eigenvalue weighted by molar-refractivity contribution is -0.121. The molecule has 1 rings (SSSR count). The van der Waals surface area contributed by atoms with Crippen LogP contribution in [-0.2, 0) is 18.6 Å². The average molecular weight is 334 g/mol. The lowest BCUT2D eigenvalue weighted by Crippen LogP contribution is -2.32. The Hall–Kier alpha value is -1.27. The van der Waals surface area contributed by atoms with E-state index in [1.807, 2.05) is 13.0 Å². The van der Waals surface area contributed by atoms with Gasteiger partial charge < -0.3 is 10.1 Å². The molecule has 118 valence electrons. The van der Waals surface area contributed by atoms with E-state index in [9.17, 15) is 13.2 Å². The van der Waals surface area contributed by atoms with Crippen molar-refractivity contribution in [3.8, 4) is 0 Å². The van der Waals surface area contributed by atoms with Gasteiger partial charge in [-0.05, 0) is 31.9 Å². The standard InChI is InChI=1S/C14H20ClNO4S/c1-4-14(17)16-10(2)8-11-6-5-7-12(20-3)13(9-11)21(15,18)19/h5,7,9-10H,4,6,8H2,1-3H3,(H,16,17). The fraction of sp³-hybridized carbons (Fsp3) is 0.500. The monoisotopic (exact) mass is 333 g/mol. The molecule has 0 heterocycles. The molecule has 0 saturated carbocycles. The Morgan fingerprint density at radius 1 is 1.52 bits per heavy atom. The van der Waals surface area contributed by atoms with Gasteiger partial charge in [-0.15, -0.1) is 0 Å². The summed E-state index contributed by atoms with van der Waals surface area (Å²) in [5.41, 5.74) is 0.862. The van der Waals surface area contributed by atoms with Gasteiger partial charge in [-0.2, -0.15) is 0 Å². The van der Waals surface area contributed by atoms with Crippen LogP contribution in [0, 0.1) is 0 Å². The Morgan fingerprint density at radius 3 is 2.71 bits per heavy atom. The maximum absolute atomic E-state index is 11.6. The van der Waals surface area contributed by atoms with Crippen LogP contribution in [0.5, 0.6) is 0 Å². The molecular formula is C14H20ClNO4S. The predicted octanol–water partition coefficient (Wildman–Crippen LogP) is 2.60. The van der Waals surface area contributed by atoms with E-state index >= 15 is 0 Å². The first-order chi connectivity index (χ1) is 9.77. The van der Waals surface area contributed by atoms with Crippen molar-refractivity contribution in [2.24, 2.45) is 0 Å². The van der Waals surface area contributed by atoms with E-state index in [0.29, 0.717) is 19.3 Å². The van der Waals surface area contributed by atoms with Gasteiger partial charge in [0, 0.05) is 23.1 Å². The lowest BCUT2D eigenvalue weighted by Gasteiger charge is -2.15. The van der Waals surface area contributed by atoms with E-state index in [0.717, 1.165) is 5.57 Å². The van der Waals surface area contributed by atoms with Crippen LogP contribution in [0.1, 0.15) is 33.1 Å². The van der Waals surface area contributed by atoms with E-state index in [-0.39, 0.29) is 22.6 Å². The molecule has 1 atom stereocenters. The molecule has 1 aliphatic rings. The van der Waals surface area contributed by atoms with Crippen molar-refractivity contribution in [3.05, 3.63) is 34.5 Å². The molecule has 21 heavy (non-hydrogen) atoms. The molecule has 7 heteroatoms. The second kappa shape index (κ2) is 7.66. The normalized spacial score (nSPS) is 17.0. The van der Waals surface area contributed by atoms with Gasteiger partial charge >= 0.3 is 0 Å². The Balaban J connectivity index is 2.99. The van der Waals surface area contributed by atoms with E-state index in [2.05, 4.69) is 5.32 Å². The van der Waals surface area contributed by atoms with Gasteiger partial charge in [-0.3, -0.25) is 4.79 Å². The van der Waals surface area contributed by atoms with Crippen LogP contribution >= 0.6 is 10.7 Å². The second-order valence-electron chi connectivity index (χ2n) is 4.81. The summed E-state index contributed by atoms with van der Waals surface area (Å²) in [6.45, 7) is 3.65. The van der Waals surface area contributed by atoms with Crippen molar-refractivity contribution in [1.29, 1.82) is 0 Å². The van der Waals surface area contributed by atoms with E-state index < -0.39 is 9.05 Å². The molecule has 1 unspecified atom stereocenters. The van der Waals surface area contributed by atoms with Crippen molar-refractivity contribution in [3.63, 3.8) is 0 Å². The molecule has 1 aliphatic carbocycles. The molecule has 0 bridgehead atoms. The number of nitrogens with one attached hydrogen (secondary N) is 1. The summed E-state index contributed by atoms with van der Waals surface area (Å²) in [5.74, 6) is 0.177. The highest BCUT2D eigenvalue weighted by molar-refractivity contribution is 8.17. The zero-order valence-corrected chi connectivity index (χ0v) is 13.9. The maximum atomic E-state index is 11.6. The molecular weight excluding hydrogens is 314 g/mol. The number of hydrogen-bond donors (Lipinski definition) is 1. The highest BCUT2D eigenvalue weighted by Crippen LogP contribution is 2.27. The van der Waals surface area contributed by atoms with Gasteiger partial charge in [0.2, 0.25) is 5.91 Å². The summed E-state index contributed by atoms with van der Waals surface area (Å²) in [7, 11) is 2.95. The minimum Gasteiger partial charge on any atom is -0.495 e. The molecule has 1 N–H and O–H groups in total. The van der Waals surface area contributed by atoms with Gasteiger partial charge in [-0.1, -0.05) is 18.6 Å². The van der Waals surface area contributed by atoms with Crippen LogP contribution in [0.4, 0.5) is 0 Å². The van der Waals surface area contributed by atoms with E-state index in [1.165, 1.54) is 13.2 Å². The summed E-state index contributed by atoms with van der Waals surface area (Å²) in [6, 6.07) is -0.0829. The van der Waals surface area contributed by atoms with Crippen molar-refractivity contribution in [2.45, 2.75) is 39.2 Å². The number of amides is 1. The smallest absolute Gasteiger partial charge is 0.264 e. The minimum atomic E-state index is -3.90. The Kier molecular flexibility index (Phi) is 6.48. The molecule has 0 saturated heterocycles. The molecule has 5 nitrogen and oxygen atoms in total. The summed E-state index contributed by atoms with van der Waals surface area (Å²) in [4.78, 5) is 11.3. The van der Waals surface area contributed by atoms with Crippen LogP contribution in [0.2, 0.25) is 0 Å². The van der Waals surface area contributed by atoms with Crippen molar-refractivity contribution in [1.82, 2.24) is 5.32 Å². The first kappa shape index (κ1) is 17.8. The minimum absolute atomic E-state index is 0.0365. The molecule has 0 aliphatic heterocycles. The number of allylic oxidation sites excluding steroid dienone is 3. The summed E-state index contributed by atoms with van der Waals surface area (Å²) in [6.07, 6.45) is 6.47. The van der Waals surface area contributed by atoms with Crippen LogP contribution < -0.4 is 5.32 Å². The number of rotatable bonds is 6. The highest BCUT2D eigenvalue weighted by Gasteiger charge is 2.20. The SMILES string of the molecule is CCC(=O)NC(C)CC1=CC(S(=O)(=O)Cl)=C(OC)C=CC1. The molecule has 0 fully saturated rings. The van der Waals surface area contributed by atoms with Gasteiger partial charge in [0.1, 0.15) is 10.7 Å². The van der Waals surface area contributed by atoms with Gasteiger partial charge in [0.15, 0.2) is 0 Å². The fourth-order valence-electron chi connectivity index (χ4n) is 2.04. The first-order valence-electron chi connectivity index (χ1n) is 6.66. The third-order valence-corrected chi connectivity index (χ3v) is 4.35. The molecule has 0 aromatic carbocycles. The predicted molar refractivity (Wildman–Crippen MR) is 83.2 cm³/mol. The van der Waals surface area contributed by atoms with Crippen LogP contribution in [0.25, 0.3) is 0 Å². The Bertz CT molecular complexity index is 590. The second-order valence-corrected chi connectivity index (χ2v) is 7.34. The zero-order chi connectivity index (χ0) is 16.0. The van der Waals surface area contributed by atoms with Crippen LogP contribution in [0.3, 0.4) is 0 Å². The highest BCUT2D eigenvalue weighted by atomic mass is 35.7. The van der Waals surface area contributed by atoms with Gasteiger partial charge in [-0.25, -0.2) is 8.42 Å². The molecule has 1 amide bonds. The van der Waals surface area contributed by atoms with Crippen molar-refractivity contribution in [2.75, 3.05) is 7.11 Å². The van der Waals surface area contributed by atoms with E-state index in [1.54, 1.807) is 13.0 Å². The number of hydrogen-bond acceptors (Lipinski definition) is 4. The third-order valence-electron chi connectivity index (χ3n) is 3.01. The number of ether oxygens (including phenoxy) is 1. The first-order valence-corrected chi connectivity index (χ1v) is 8.97. The number of carbonyl (C=O) groups excluding carboxylic acids is 1. The van der Waals surface area contributed by atoms with Gasteiger partial charge in [0.05, 0.1) is 7.11 Å². The molecule has 0 spiro atoms. The Morgan fingerprint density at radius 2 is 2.19 bits per heavy atom. The van der Waals surface area contributed by atoms with Crippen molar-refractivity contribution < 1.29 is 17.9 Å². The summed E-state index contributed by atoms with van der Waals surface area (Å²) >= 11 is 0. The van der Waals surface area contributed by atoms with E-state index in [4.69, 9.17) is 15.4 Å². The topological polar surface area (TPSA) is 72.5 Å². The molecule has 0 radical (unpaired) electrons. The van der Waals surface area contributed by atoms with Gasteiger partial charge in [0.25, 0.3) is 9.05 Å². The number of halogens is 1. The third kappa shape index (κ3) is 5.55. The molecule has 0 aromatic heterocycles. The zero-order valence-electron chi connectivity index (χ0n) is 12.3. The van der Waals surface area contributed by atoms with Crippen LogP contribution in [-0.4, -0.2) is 27.5 Å². The lowest BCUT2D eigenvalue weighted by atomic mass is 10.0.